The normalized spacial score (nSPS) is 13.1. The number of aliphatic hydroxyl groups is 1. The number of amides is 1. The highest BCUT2D eigenvalue weighted by molar-refractivity contribution is 5.82. The molecule has 1 amide bonds. The van der Waals surface area contributed by atoms with E-state index in [-0.39, 0.29) is 5.91 Å². The average Bonchev–Trinajstić information content (AvgIpc) is 2.61. The summed E-state index contributed by atoms with van der Waals surface area (Å²) in [6.45, 7) is 2.61. The van der Waals surface area contributed by atoms with Gasteiger partial charge in [-0.3, -0.25) is 10.1 Å². The zero-order valence-electron chi connectivity index (χ0n) is 14.0. The van der Waals surface area contributed by atoms with Crippen LogP contribution in [0.2, 0.25) is 0 Å². The predicted octanol–water partition coefficient (Wildman–Crippen LogP) is 1.85. The molecule has 0 aromatic heterocycles. The van der Waals surface area contributed by atoms with E-state index in [0.29, 0.717) is 13.2 Å². The van der Waals surface area contributed by atoms with Crippen molar-refractivity contribution in [3.8, 4) is 5.75 Å². The number of carbonyl (C=O) groups excluding carboxylic acids is 1. The standard InChI is InChI=1S/C19H24N2O3/c1-14(22)18(19(23)20-2)21-12-15-8-10-17(11-9-15)24-13-16-6-4-3-5-7-16/h3-11,14,18,21-22H,12-13H2,1-2H3,(H,20,23)/t14?,18-/m1/s1. The molecular formula is C19H24N2O3. The Kier molecular flexibility index (Phi) is 6.78. The summed E-state index contributed by atoms with van der Waals surface area (Å²) in [5.74, 6) is 0.564. The third kappa shape index (κ3) is 5.37. The molecule has 0 radical (unpaired) electrons. The molecule has 0 aliphatic carbocycles. The van der Waals surface area contributed by atoms with E-state index >= 15 is 0 Å². The number of rotatable bonds is 8. The summed E-state index contributed by atoms with van der Waals surface area (Å²) in [5, 5.41) is 15.3. The molecule has 2 aromatic rings. The maximum atomic E-state index is 11.7. The van der Waals surface area contributed by atoms with Crippen molar-refractivity contribution in [3.63, 3.8) is 0 Å². The Labute approximate surface area is 142 Å². The lowest BCUT2D eigenvalue weighted by molar-refractivity contribution is -0.125. The minimum Gasteiger partial charge on any atom is -0.489 e. The van der Waals surface area contributed by atoms with Crippen LogP contribution < -0.4 is 15.4 Å². The van der Waals surface area contributed by atoms with E-state index in [4.69, 9.17) is 4.74 Å². The van der Waals surface area contributed by atoms with Crippen molar-refractivity contribution in [1.82, 2.24) is 10.6 Å². The van der Waals surface area contributed by atoms with Crippen molar-refractivity contribution in [2.24, 2.45) is 0 Å². The monoisotopic (exact) mass is 328 g/mol. The van der Waals surface area contributed by atoms with E-state index in [9.17, 15) is 9.90 Å². The number of ether oxygens (including phenoxy) is 1. The second-order valence-electron chi connectivity index (χ2n) is 5.63. The van der Waals surface area contributed by atoms with Gasteiger partial charge in [-0.05, 0) is 30.2 Å². The van der Waals surface area contributed by atoms with Crippen LogP contribution in [0.1, 0.15) is 18.1 Å². The summed E-state index contributed by atoms with van der Waals surface area (Å²) in [5.41, 5.74) is 2.13. The van der Waals surface area contributed by atoms with Gasteiger partial charge in [-0.2, -0.15) is 0 Å². The van der Waals surface area contributed by atoms with Crippen LogP contribution in [0.4, 0.5) is 0 Å². The van der Waals surface area contributed by atoms with Gasteiger partial charge in [-0.1, -0.05) is 42.5 Å². The highest BCUT2D eigenvalue weighted by Gasteiger charge is 2.21. The van der Waals surface area contributed by atoms with Gasteiger partial charge in [-0.25, -0.2) is 0 Å². The number of benzene rings is 2. The Morgan fingerprint density at radius 2 is 1.75 bits per heavy atom. The van der Waals surface area contributed by atoms with Gasteiger partial charge in [0.25, 0.3) is 0 Å². The van der Waals surface area contributed by atoms with Gasteiger partial charge >= 0.3 is 0 Å². The van der Waals surface area contributed by atoms with Crippen LogP contribution in [0.5, 0.6) is 5.75 Å². The lowest BCUT2D eigenvalue weighted by Gasteiger charge is -2.20. The number of hydrogen-bond acceptors (Lipinski definition) is 4. The van der Waals surface area contributed by atoms with Gasteiger partial charge in [0.2, 0.25) is 5.91 Å². The van der Waals surface area contributed by atoms with Crippen LogP contribution in [-0.4, -0.2) is 30.2 Å². The third-order valence-electron chi connectivity index (χ3n) is 3.71. The second kappa shape index (κ2) is 9.05. The first kappa shape index (κ1) is 18.0. The molecule has 0 aliphatic rings. The Morgan fingerprint density at radius 3 is 2.33 bits per heavy atom. The summed E-state index contributed by atoms with van der Waals surface area (Å²) in [6, 6.07) is 17.0. The Bertz CT molecular complexity index is 627. The van der Waals surface area contributed by atoms with Crippen LogP contribution >= 0.6 is 0 Å². The first-order valence-electron chi connectivity index (χ1n) is 7.99. The molecule has 128 valence electrons. The molecular weight excluding hydrogens is 304 g/mol. The van der Waals surface area contributed by atoms with Crippen molar-refractivity contribution in [1.29, 1.82) is 0 Å². The summed E-state index contributed by atoms with van der Waals surface area (Å²) in [7, 11) is 1.55. The van der Waals surface area contributed by atoms with E-state index in [1.807, 2.05) is 54.6 Å². The first-order valence-corrected chi connectivity index (χ1v) is 7.99. The highest BCUT2D eigenvalue weighted by Crippen LogP contribution is 2.14. The zero-order valence-corrected chi connectivity index (χ0v) is 14.0. The van der Waals surface area contributed by atoms with Crippen LogP contribution in [0.25, 0.3) is 0 Å². The van der Waals surface area contributed by atoms with Gasteiger partial charge in [0.05, 0.1) is 6.10 Å². The predicted molar refractivity (Wildman–Crippen MR) is 93.6 cm³/mol. The molecule has 1 unspecified atom stereocenters. The molecule has 0 bridgehead atoms. The summed E-state index contributed by atoms with van der Waals surface area (Å²) in [4.78, 5) is 11.7. The number of hydrogen-bond donors (Lipinski definition) is 3. The fraction of sp³-hybridized carbons (Fsp3) is 0.316. The third-order valence-corrected chi connectivity index (χ3v) is 3.71. The zero-order chi connectivity index (χ0) is 17.4. The number of carbonyl (C=O) groups is 1. The van der Waals surface area contributed by atoms with Crippen molar-refractivity contribution in [3.05, 3.63) is 65.7 Å². The first-order chi connectivity index (χ1) is 11.6. The largest absolute Gasteiger partial charge is 0.489 e. The summed E-state index contributed by atoms with van der Waals surface area (Å²) >= 11 is 0. The number of nitrogens with one attached hydrogen (secondary N) is 2. The van der Waals surface area contributed by atoms with Crippen molar-refractivity contribution >= 4 is 5.91 Å². The minimum absolute atomic E-state index is 0.229. The number of likely N-dealkylation sites (N-methyl/N-ethyl adjacent to an activating group) is 1. The molecule has 0 saturated heterocycles. The molecule has 2 aromatic carbocycles. The van der Waals surface area contributed by atoms with Gasteiger partial charge in [-0.15, -0.1) is 0 Å². The molecule has 5 nitrogen and oxygen atoms in total. The van der Waals surface area contributed by atoms with Crippen molar-refractivity contribution in [2.45, 2.75) is 32.2 Å². The Morgan fingerprint density at radius 1 is 1.08 bits per heavy atom. The lowest BCUT2D eigenvalue weighted by atomic mass is 10.1. The maximum absolute atomic E-state index is 11.7. The topological polar surface area (TPSA) is 70.6 Å². The van der Waals surface area contributed by atoms with Crippen LogP contribution in [0, 0.1) is 0 Å². The molecule has 0 saturated carbocycles. The molecule has 2 atom stereocenters. The van der Waals surface area contributed by atoms with Gasteiger partial charge < -0.3 is 15.2 Å². The van der Waals surface area contributed by atoms with Gasteiger partial charge in [0.15, 0.2) is 0 Å². The smallest absolute Gasteiger partial charge is 0.239 e. The Hall–Kier alpha value is -2.37. The van der Waals surface area contributed by atoms with E-state index in [0.717, 1.165) is 16.9 Å². The SMILES string of the molecule is CNC(=O)[C@H](NCc1ccc(OCc2ccccc2)cc1)C(C)O. The molecule has 2 rings (SSSR count). The molecule has 0 aliphatic heterocycles. The van der Waals surface area contributed by atoms with Crippen molar-refractivity contribution in [2.75, 3.05) is 7.05 Å². The quantitative estimate of drug-likeness (QED) is 0.692. The summed E-state index contributed by atoms with van der Waals surface area (Å²) < 4.78 is 5.74. The molecule has 3 N–H and O–H groups in total. The molecule has 0 spiro atoms. The van der Waals surface area contributed by atoms with E-state index in [1.165, 1.54) is 0 Å². The second-order valence-corrected chi connectivity index (χ2v) is 5.63. The fourth-order valence-electron chi connectivity index (χ4n) is 2.31. The van der Waals surface area contributed by atoms with Gasteiger partial charge in [0, 0.05) is 13.6 Å². The minimum atomic E-state index is -0.765. The van der Waals surface area contributed by atoms with Gasteiger partial charge in [0.1, 0.15) is 18.4 Å². The van der Waals surface area contributed by atoms with Crippen LogP contribution in [0.15, 0.2) is 54.6 Å². The molecule has 0 fully saturated rings. The van der Waals surface area contributed by atoms with E-state index in [1.54, 1.807) is 14.0 Å². The Balaban J connectivity index is 1.86. The number of aliphatic hydroxyl groups excluding tert-OH is 1. The molecule has 5 heteroatoms. The highest BCUT2D eigenvalue weighted by atomic mass is 16.5. The molecule has 24 heavy (non-hydrogen) atoms. The lowest BCUT2D eigenvalue weighted by Crippen LogP contribution is -2.49. The fourth-order valence-corrected chi connectivity index (χ4v) is 2.31. The molecule has 0 heterocycles. The maximum Gasteiger partial charge on any atom is 0.239 e. The van der Waals surface area contributed by atoms with Crippen LogP contribution in [-0.2, 0) is 17.9 Å². The van der Waals surface area contributed by atoms with Crippen LogP contribution in [0.3, 0.4) is 0 Å². The van der Waals surface area contributed by atoms with Crippen molar-refractivity contribution < 1.29 is 14.6 Å². The van der Waals surface area contributed by atoms with E-state index < -0.39 is 12.1 Å². The average molecular weight is 328 g/mol. The van der Waals surface area contributed by atoms with E-state index in [2.05, 4.69) is 10.6 Å². The summed E-state index contributed by atoms with van der Waals surface area (Å²) in [6.07, 6.45) is -0.765.